The largest absolute Gasteiger partial charge is 0.494 e. The fourth-order valence-electron chi connectivity index (χ4n) is 2.52. The van der Waals surface area contributed by atoms with E-state index in [4.69, 9.17) is 9.47 Å². The molecule has 0 bridgehead atoms. The maximum atomic E-state index is 5.46. The van der Waals surface area contributed by atoms with E-state index in [-0.39, 0.29) is 7.43 Å². The third-order valence-electron chi connectivity index (χ3n) is 3.87. The Morgan fingerprint density at radius 3 is 1.11 bits per heavy atom. The minimum Gasteiger partial charge on any atom is -0.494 e. The van der Waals surface area contributed by atoms with E-state index in [1.165, 1.54) is 36.8 Å². The molecular formula is C25H40O2. The predicted octanol–water partition coefficient (Wildman–Crippen LogP) is 7.49. The molecule has 0 saturated heterocycles. The molecule has 0 aliphatic carbocycles. The van der Waals surface area contributed by atoms with Gasteiger partial charge in [0.2, 0.25) is 0 Å². The summed E-state index contributed by atoms with van der Waals surface area (Å²) in [5, 5.41) is 0. The molecule has 0 unspecified atom stereocenters. The van der Waals surface area contributed by atoms with Crippen LogP contribution in [0.5, 0.6) is 11.5 Å². The number of hydrogen-bond acceptors (Lipinski definition) is 2. The fourth-order valence-corrected chi connectivity index (χ4v) is 2.52. The molecule has 0 saturated carbocycles. The molecule has 0 radical (unpaired) electrons. The van der Waals surface area contributed by atoms with E-state index in [0.29, 0.717) is 0 Å². The van der Waals surface area contributed by atoms with Crippen LogP contribution >= 0.6 is 0 Å². The van der Waals surface area contributed by atoms with Crippen LogP contribution in [0.4, 0.5) is 0 Å². The second-order valence-electron chi connectivity index (χ2n) is 6.48. The standard InChI is InChI=1S/C12H18O2.C12H18.CH4/c1-3-9-13-11-5-7-12(8-6-11)14-10-4-2;1-3-5-11-7-9-12(6-4-2)10-8-11;/h5-8H,3-4,9-10H2,1-2H3;7-10H,3-6H2,1-2H3;1H4. The molecular weight excluding hydrogens is 332 g/mol. The van der Waals surface area contributed by atoms with E-state index in [0.717, 1.165) is 37.6 Å². The van der Waals surface area contributed by atoms with Crippen molar-refractivity contribution < 1.29 is 9.47 Å². The fraction of sp³-hybridized carbons (Fsp3) is 0.520. The topological polar surface area (TPSA) is 18.5 Å². The molecule has 2 rings (SSSR count). The maximum absolute atomic E-state index is 5.46. The summed E-state index contributed by atoms with van der Waals surface area (Å²) < 4.78 is 10.9. The highest BCUT2D eigenvalue weighted by atomic mass is 16.5. The van der Waals surface area contributed by atoms with Gasteiger partial charge in [0.05, 0.1) is 13.2 Å². The molecule has 0 aliphatic rings. The average molecular weight is 373 g/mol. The summed E-state index contributed by atoms with van der Waals surface area (Å²) in [5.41, 5.74) is 2.94. The number of rotatable bonds is 10. The summed E-state index contributed by atoms with van der Waals surface area (Å²) >= 11 is 0. The van der Waals surface area contributed by atoms with Crippen molar-refractivity contribution in [2.45, 2.75) is 73.6 Å². The lowest BCUT2D eigenvalue weighted by molar-refractivity contribution is 0.308. The van der Waals surface area contributed by atoms with Crippen LogP contribution < -0.4 is 9.47 Å². The van der Waals surface area contributed by atoms with Crippen molar-refractivity contribution in [3.63, 3.8) is 0 Å². The second-order valence-corrected chi connectivity index (χ2v) is 6.48. The van der Waals surface area contributed by atoms with Gasteiger partial charge < -0.3 is 9.47 Å². The first kappa shape index (κ1) is 25.0. The van der Waals surface area contributed by atoms with Crippen molar-refractivity contribution in [1.29, 1.82) is 0 Å². The zero-order chi connectivity index (χ0) is 19.0. The quantitative estimate of drug-likeness (QED) is 0.430. The van der Waals surface area contributed by atoms with Crippen molar-refractivity contribution in [3.05, 3.63) is 59.7 Å². The molecule has 0 N–H and O–H groups in total. The number of ether oxygens (including phenoxy) is 2. The molecule has 2 heteroatoms. The molecule has 0 atom stereocenters. The Labute approximate surface area is 167 Å². The van der Waals surface area contributed by atoms with Crippen LogP contribution in [0.2, 0.25) is 0 Å². The van der Waals surface area contributed by atoms with Crippen LogP contribution in [0.25, 0.3) is 0 Å². The first-order valence-electron chi connectivity index (χ1n) is 10.2. The van der Waals surface area contributed by atoms with Gasteiger partial charge in [-0.15, -0.1) is 0 Å². The molecule has 27 heavy (non-hydrogen) atoms. The van der Waals surface area contributed by atoms with Crippen molar-refractivity contribution in [2.75, 3.05) is 13.2 Å². The lowest BCUT2D eigenvalue weighted by atomic mass is 10.1. The van der Waals surface area contributed by atoms with Crippen molar-refractivity contribution in [3.8, 4) is 11.5 Å². The van der Waals surface area contributed by atoms with Crippen LogP contribution in [0.3, 0.4) is 0 Å². The predicted molar refractivity (Wildman–Crippen MR) is 119 cm³/mol. The minimum absolute atomic E-state index is 0. The molecule has 0 heterocycles. The molecule has 0 aliphatic heterocycles. The van der Waals surface area contributed by atoms with Crippen molar-refractivity contribution in [1.82, 2.24) is 0 Å². The highest BCUT2D eigenvalue weighted by Gasteiger charge is 1.95. The van der Waals surface area contributed by atoms with Crippen LogP contribution in [0.15, 0.2) is 48.5 Å². The Morgan fingerprint density at radius 2 is 0.852 bits per heavy atom. The Balaban J connectivity index is 0.000000488. The van der Waals surface area contributed by atoms with Gasteiger partial charge in [-0.1, -0.05) is 72.2 Å². The Bertz CT molecular complexity index is 506. The molecule has 0 spiro atoms. The van der Waals surface area contributed by atoms with E-state index in [2.05, 4.69) is 52.0 Å². The highest BCUT2D eigenvalue weighted by molar-refractivity contribution is 5.31. The zero-order valence-electron chi connectivity index (χ0n) is 17.1. The van der Waals surface area contributed by atoms with Gasteiger partial charge in [0.1, 0.15) is 11.5 Å². The molecule has 0 fully saturated rings. The lowest BCUT2D eigenvalue weighted by Crippen LogP contribution is -1.96. The maximum Gasteiger partial charge on any atom is 0.119 e. The molecule has 2 aromatic carbocycles. The first-order chi connectivity index (χ1) is 12.7. The average Bonchev–Trinajstić information content (AvgIpc) is 2.68. The summed E-state index contributed by atoms with van der Waals surface area (Å²) in [6.45, 7) is 10.2. The minimum atomic E-state index is 0. The third kappa shape index (κ3) is 11.4. The van der Waals surface area contributed by atoms with Crippen LogP contribution in [-0.2, 0) is 12.8 Å². The highest BCUT2D eigenvalue weighted by Crippen LogP contribution is 2.17. The van der Waals surface area contributed by atoms with Crippen LogP contribution in [0, 0.1) is 0 Å². The number of hydrogen-bond donors (Lipinski definition) is 0. The molecule has 0 amide bonds. The molecule has 2 nitrogen and oxygen atoms in total. The Kier molecular flexibility index (Phi) is 15.1. The molecule has 152 valence electrons. The van der Waals surface area contributed by atoms with Gasteiger partial charge in [0.15, 0.2) is 0 Å². The SMILES string of the molecule is C.CCCOc1ccc(OCCC)cc1.CCCc1ccc(CCC)cc1. The van der Waals surface area contributed by atoms with E-state index < -0.39 is 0 Å². The number of aryl methyl sites for hydroxylation is 2. The van der Waals surface area contributed by atoms with E-state index >= 15 is 0 Å². The zero-order valence-corrected chi connectivity index (χ0v) is 17.1. The Hall–Kier alpha value is -1.96. The lowest BCUT2D eigenvalue weighted by Gasteiger charge is -2.06. The first-order valence-corrected chi connectivity index (χ1v) is 10.2. The summed E-state index contributed by atoms with van der Waals surface area (Å²) in [6.07, 6.45) is 6.99. The smallest absolute Gasteiger partial charge is 0.119 e. The number of benzene rings is 2. The normalized spacial score (nSPS) is 9.63. The van der Waals surface area contributed by atoms with Crippen LogP contribution in [-0.4, -0.2) is 13.2 Å². The van der Waals surface area contributed by atoms with Gasteiger partial charge in [-0.2, -0.15) is 0 Å². The summed E-state index contributed by atoms with van der Waals surface area (Å²) in [5.74, 6) is 1.83. The summed E-state index contributed by atoms with van der Waals surface area (Å²) in [6, 6.07) is 16.8. The second kappa shape index (κ2) is 16.2. The molecule has 0 aromatic heterocycles. The van der Waals surface area contributed by atoms with Crippen molar-refractivity contribution in [2.24, 2.45) is 0 Å². The Morgan fingerprint density at radius 1 is 0.519 bits per heavy atom. The van der Waals surface area contributed by atoms with Gasteiger partial charge in [0, 0.05) is 0 Å². The van der Waals surface area contributed by atoms with Gasteiger partial charge in [-0.3, -0.25) is 0 Å². The van der Waals surface area contributed by atoms with E-state index in [1.54, 1.807) is 0 Å². The van der Waals surface area contributed by atoms with Crippen molar-refractivity contribution >= 4 is 0 Å². The van der Waals surface area contributed by atoms with Gasteiger partial charge >= 0.3 is 0 Å². The van der Waals surface area contributed by atoms with E-state index in [1.807, 2.05) is 24.3 Å². The van der Waals surface area contributed by atoms with Gasteiger partial charge in [0.25, 0.3) is 0 Å². The molecule has 2 aromatic rings. The van der Waals surface area contributed by atoms with Crippen LogP contribution in [0.1, 0.15) is 71.9 Å². The summed E-state index contributed by atoms with van der Waals surface area (Å²) in [7, 11) is 0. The summed E-state index contributed by atoms with van der Waals surface area (Å²) in [4.78, 5) is 0. The van der Waals surface area contributed by atoms with Gasteiger partial charge in [-0.25, -0.2) is 0 Å². The third-order valence-corrected chi connectivity index (χ3v) is 3.87. The monoisotopic (exact) mass is 372 g/mol. The van der Waals surface area contributed by atoms with E-state index in [9.17, 15) is 0 Å². The van der Waals surface area contributed by atoms with Gasteiger partial charge in [-0.05, 0) is 61.1 Å².